The fourth-order valence-corrected chi connectivity index (χ4v) is 1.35. The predicted octanol–water partition coefficient (Wildman–Crippen LogP) is 3.56. The van der Waals surface area contributed by atoms with E-state index in [-0.39, 0.29) is 18.3 Å². The van der Waals surface area contributed by atoms with Crippen LogP contribution in [-0.2, 0) is 6.18 Å². The fourth-order valence-electron chi connectivity index (χ4n) is 1.24. The first-order valence-electron chi connectivity index (χ1n) is 5.35. The van der Waals surface area contributed by atoms with E-state index in [0.29, 0.717) is 11.8 Å². The molecule has 8 heteroatoms. The van der Waals surface area contributed by atoms with Crippen LogP contribution in [0.15, 0.2) is 18.2 Å². The van der Waals surface area contributed by atoms with Crippen molar-refractivity contribution in [3.63, 3.8) is 0 Å². The van der Waals surface area contributed by atoms with Crippen LogP contribution in [0.25, 0.3) is 0 Å². The summed E-state index contributed by atoms with van der Waals surface area (Å²) in [7, 11) is 0. The largest absolute Gasteiger partial charge is 0.486 e. The Kier molecular flexibility index (Phi) is 5.04. The van der Waals surface area contributed by atoms with E-state index in [1.54, 1.807) is 0 Å². The van der Waals surface area contributed by atoms with E-state index >= 15 is 0 Å². The van der Waals surface area contributed by atoms with Gasteiger partial charge in [0.1, 0.15) is 0 Å². The minimum atomic E-state index is -4.62. The first-order valence-corrected chi connectivity index (χ1v) is 5.98. The standard InChI is InChI=1S/C11H12F3NO3S/c1-7(6-19)5-18-10-3-2-8(11(12,13)14)4-9(10)15(16)17/h2-4,7,19H,5-6H2,1H3. The van der Waals surface area contributed by atoms with Gasteiger partial charge in [-0.2, -0.15) is 25.8 Å². The Morgan fingerprint density at radius 2 is 2.11 bits per heavy atom. The zero-order valence-corrected chi connectivity index (χ0v) is 10.9. The number of ether oxygens (including phenoxy) is 1. The van der Waals surface area contributed by atoms with E-state index in [4.69, 9.17) is 4.74 Å². The summed E-state index contributed by atoms with van der Waals surface area (Å²) < 4.78 is 42.5. The first-order chi connectivity index (χ1) is 8.75. The molecule has 1 aromatic carbocycles. The molecule has 0 aliphatic carbocycles. The molecule has 0 saturated heterocycles. The Bertz CT molecular complexity index is 465. The van der Waals surface area contributed by atoms with E-state index in [2.05, 4.69) is 12.6 Å². The highest BCUT2D eigenvalue weighted by atomic mass is 32.1. The molecule has 0 N–H and O–H groups in total. The molecule has 0 aliphatic heterocycles. The van der Waals surface area contributed by atoms with Gasteiger partial charge in [-0.05, 0) is 23.8 Å². The maximum absolute atomic E-state index is 12.5. The zero-order valence-electron chi connectivity index (χ0n) is 9.98. The highest BCUT2D eigenvalue weighted by molar-refractivity contribution is 7.80. The lowest BCUT2D eigenvalue weighted by molar-refractivity contribution is -0.386. The van der Waals surface area contributed by atoms with Gasteiger partial charge in [0.2, 0.25) is 0 Å². The molecule has 1 rings (SSSR count). The van der Waals surface area contributed by atoms with Gasteiger partial charge in [0.25, 0.3) is 0 Å². The van der Waals surface area contributed by atoms with Crippen molar-refractivity contribution >= 4 is 18.3 Å². The van der Waals surface area contributed by atoms with Crippen LogP contribution in [0.3, 0.4) is 0 Å². The van der Waals surface area contributed by atoms with Crippen molar-refractivity contribution in [2.45, 2.75) is 13.1 Å². The Morgan fingerprint density at radius 3 is 2.58 bits per heavy atom. The second-order valence-corrected chi connectivity index (χ2v) is 4.40. The Balaban J connectivity index is 3.02. The molecule has 106 valence electrons. The normalized spacial score (nSPS) is 13.1. The molecular weight excluding hydrogens is 283 g/mol. The van der Waals surface area contributed by atoms with E-state index in [1.165, 1.54) is 0 Å². The minimum absolute atomic E-state index is 0.0326. The zero-order chi connectivity index (χ0) is 14.6. The quantitative estimate of drug-likeness (QED) is 0.513. The number of nitro benzene ring substituents is 1. The van der Waals surface area contributed by atoms with Crippen LogP contribution in [0, 0.1) is 16.0 Å². The molecule has 19 heavy (non-hydrogen) atoms. The SMILES string of the molecule is CC(CS)COc1ccc(C(F)(F)F)cc1[N+](=O)[O-]. The van der Waals surface area contributed by atoms with Gasteiger partial charge >= 0.3 is 11.9 Å². The van der Waals surface area contributed by atoms with Gasteiger partial charge in [-0.3, -0.25) is 10.1 Å². The van der Waals surface area contributed by atoms with Crippen LogP contribution in [0.2, 0.25) is 0 Å². The molecular formula is C11H12F3NO3S. The molecule has 0 spiro atoms. The Hall–Kier alpha value is -1.44. The van der Waals surface area contributed by atoms with Gasteiger partial charge in [0.15, 0.2) is 5.75 Å². The van der Waals surface area contributed by atoms with Gasteiger partial charge < -0.3 is 4.74 Å². The number of benzene rings is 1. The Morgan fingerprint density at radius 1 is 1.47 bits per heavy atom. The third kappa shape index (κ3) is 4.30. The number of hydrogen-bond acceptors (Lipinski definition) is 4. The third-order valence-electron chi connectivity index (χ3n) is 2.32. The van der Waals surface area contributed by atoms with Crippen molar-refractivity contribution in [2.75, 3.05) is 12.4 Å². The van der Waals surface area contributed by atoms with Crippen LogP contribution in [-0.4, -0.2) is 17.3 Å². The lowest BCUT2D eigenvalue weighted by Gasteiger charge is -2.12. The summed E-state index contributed by atoms with van der Waals surface area (Å²) in [6.45, 7) is 1.96. The smallest absolute Gasteiger partial charge is 0.416 e. The second-order valence-electron chi connectivity index (χ2n) is 4.04. The van der Waals surface area contributed by atoms with Gasteiger partial charge in [-0.1, -0.05) is 6.92 Å². The van der Waals surface area contributed by atoms with Crippen molar-refractivity contribution in [1.29, 1.82) is 0 Å². The van der Waals surface area contributed by atoms with Crippen molar-refractivity contribution in [3.05, 3.63) is 33.9 Å². The summed E-state index contributed by atoms with van der Waals surface area (Å²) in [5.74, 6) is 0.367. The van der Waals surface area contributed by atoms with Gasteiger partial charge in [-0.25, -0.2) is 0 Å². The van der Waals surface area contributed by atoms with Crippen molar-refractivity contribution in [2.24, 2.45) is 5.92 Å². The summed E-state index contributed by atoms with van der Waals surface area (Å²) in [5.41, 5.74) is -1.77. The van der Waals surface area contributed by atoms with Crippen LogP contribution >= 0.6 is 12.6 Å². The molecule has 0 amide bonds. The molecule has 0 heterocycles. The number of thiol groups is 1. The average Bonchev–Trinajstić information content (AvgIpc) is 2.34. The molecule has 0 aromatic heterocycles. The number of nitro groups is 1. The van der Waals surface area contributed by atoms with Gasteiger partial charge in [-0.15, -0.1) is 0 Å². The van der Waals surface area contributed by atoms with Gasteiger partial charge in [0, 0.05) is 6.07 Å². The highest BCUT2D eigenvalue weighted by Gasteiger charge is 2.33. The first kappa shape index (κ1) is 15.6. The van der Waals surface area contributed by atoms with Crippen molar-refractivity contribution < 1.29 is 22.8 Å². The third-order valence-corrected chi connectivity index (χ3v) is 2.94. The maximum atomic E-state index is 12.5. The Labute approximate surface area is 113 Å². The van der Waals surface area contributed by atoms with Gasteiger partial charge in [0.05, 0.1) is 17.1 Å². The van der Waals surface area contributed by atoms with Crippen LogP contribution in [0.4, 0.5) is 18.9 Å². The molecule has 0 fully saturated rings. The van der Waals surface area contributed by atoms with Crippen LogP contribution in [0.1, 0.15) is 12.5 Å². The highest BCUT2D eigenvalue weighted by Crippen LogP contribution is 2.36. The second kappa shape index (κ2) is 6.14. The molecule has 0 radical (unpaired) electrons. The monoisotopic (exact) mass is 295 g/mol. The molecule has 0 bridgehead atoms. The summed E-state index contributed by atoms with van der Waals surface area (Å²) in [5, 5.41) is 10.8. The lowest BCUT2D eigenvalue weighted by atomic mass is 10.2. The number of nitrogens with zero attached hydrogens (tertiary/aromatic N) is 1. The maximum Gasteiger partial charge on any atom is 0.416 e. The summed E-state index contributed by atoms with van der Waals surface area (Å²) in [6.07, 6.45) is -4.62. The van der Waals surface area contributed by atoms with E-state index in [9.17, 15) is 23.3 Å². The lowest BCUT2D eigenvalue weighted by Crippen LogP contribution is -2.11. The van der Waals surface area contributed by atoms with E-state index in [0.717, 1.165) is 12.1 Å². The van der Waals surface area contributed by atoms with Crippen molar-refractivity contribution in [3.8, 4) is 5.75 Å². The van der Waals surface area contributed by atoms with E-state index in [1.807, 2.05) is 6.92 Å². The summed E-state index contributed by atoms with van der Waals surface area (Å²) in [6, 6.07) is 2.20. The average molecular weight is 295 g/mol. The number of rotatable bonds is 5. The van der Waals surface area contributed by atoms with Crippen molar-refractivity contribution in [1.82, 2.24) is 0 Å². The molecule has 0 saturated carbocycles. The number of halogens is 3. The number of hydrogen-bond donors (Lipinski definition) is 1. The molecule has 1 aromatic rings. The van der Waals surface area contributed by atoms with Crippen LogP contribution < -0.4 is 4.74 Å². The fraction of sp³-hybridized carbons (Fsp3) is 0.455. The topological polar surface area (TPSA) is 52.4 Å². The number of alkyl halides is 3. The molecule has 0 aliphatic rings. The van der Waals surface area contributed by atoms with Crippen LogP contribution in [0.5, 0.6) is 5.75 Å². The van der Waals surface area contributed by atoms with E-state index < -0.39 is 22.4 Å². The predicted molar refractivity (Wildman–Crippen MR) is 66.6 cm³/mol. The molecule has 1 atom stereocenters. The molecule has 1 unspecified atom stereocenters. The minimum Gasteiger partial charge on any atom is -0.486 e. The molecule has 4 nitrogen and oxygen atoms in total. The summed E-state index contributed by atoms with van der Waals surface area (Å²) in [4.78, 5) is 9.87. The summed E-state index contributed by atoms with van der Waals surface area (Å²) >= 11 is 4.02.